The SMILES string of the molecule is CCC(=NC#N)N(C)C1=CC(C)(C)Oc2ccc([N+](=O)[O-])cc21. The number of nitro benzene ring substituents is 1. The fourth-order valence-electron chi connectivity index (χ4n) is 2.51. The first-order valence-corrected chi connectivity index (χ1v) is 7.19. The Morgan fingerprint density at radius 3 is 2.78 bits per heavy atom. The summed E-state index contributed by atoms with van der Waals surface area (Å²) in [6.07, 6.45) is 4.23. The maximum atomic E-state index is 11.0. The molecule has 1 aliphatic heterocycles. The molecule has 7 heteroatoms. The van der Waals surface area contributed by atoms with Gasteiger partial charge in [0.2, 0.25) is 6.19 Å². The van der Waals surface area contributed by atoms with Crippen molar-refractivity contribution >= 4 is 17.2 Å². The van der Waals surface area contributed by atoms with Gasteiger partial charge in [0.1, 0.15) is 17.2 Å². The average Bonchev–Trinajstić information content (AvgIpc) is 2.49. The van der Waals surface area contributed by atoms with Gasteiger partial charge in [-0.1, -0.05) is 6.92 Å². The Morgan fingerprint density at radius 1 is 1.52 bits per heavy atom. The number of nitro groups is 1. The number of amidine groups is 1. The van der Waals surface area contributed by atoms with Crippen LogP contribution in [0, 0.1) is 21.6 Å². The van der Waals surface area contributed by atoms with E-state index in [2.05, 4.69) is 4.99 Å². The van der Waals surface area contributed by atoms with Gasteiger partial charge in [-0.05, 0) is 26.0 Å². The molecule has 2 rings (SSSR count). The summed E-state index contributed by atoms with van der Waals surface area (Å²) in [4.78, 5) is 16.2. The van der Waals surface area contributed by atoms with Gasteiger partial charge in [0, 0.05) is 31.2 Å². The molecule has 1 aromatic carbocycles. The lowest BCUT2D eigenvalue weighted by Crippen LogP contribution is -2.34. The number of ether oxygens (including phenoxy) is 1. The van der Waals surface area contributed by atoms with Crippen molar-refractivity contribution in [2.45, 2.75) is 32.8 Å². The number of hydrogen-bond donors (Lipinski definition) is 0. The van der Waals surface area contributed by atoms with Crippen LogP contribution in [0.2, 0.25) is 0 Å². The van der Waals surface area contributed by atoms with E-state index >= 15 is 0 Å². The van der Waals surface area contributed by atoms with Crippen molar-refractivity contribution in [3.05, 3.63) is 40.0 Å². The molecule has 0 saturated heterocycles. The average molecular weight is 314 g/mol. The molecule has 7 nitrogen and oxygen atoms in total. The van der Waals surface area contributed by atoms with Gasteiger partial charge in [0.25, 0.3) is 5.69 Å². The highest BCUT2D eigenvalue weighted by atomic mass is 16.6. The predicted octanol–water partition coefficient (Wildman–Crippen LogP) is 3.33. The summed E-state index contributed by atoms with van der Waals surface area (Å²) in [5.74, 6) is 1.14. The van der Waals surface area contributed by atoms with Crippen LogP contribution >= 0.6 is 0 Å². The Morgan fingerprint density at radius 2 is 2.22 bits per heavy atom. The Hall–Kier alpha value is -2.88. The first-order chi connectivity index (χ1) is 10.8. The number of aliphatic imine (C=N–C) groups is 1. The number of hydrogen-bond acceptors (Lipinski definition) is 5. The molecule has 0 aromatic heterocycles. The van der Waals surface area contributed by atoms with Crippen molar-refractivity contribution < 1.29 is 9.66 Å². The van der Waals surface area contributed by atoms with Gasteiger partial charge >= 0.3 is 0 Å². The summed E-state index contributed by atoms with van der Waals surface area (Å²) in [5, 5.41) is 19.9. The summed E-state index contributed by atoms with van der Waals surface area (Å²) >= 11 is 0. The van der Waals surface area contributed by atoms with Gasteiger partial charge in [-0.15, -0.1) is 0 Å². The van der Waals surface area contributed by atoms with Gasteiger partial charge in [0.15, 0.2) is 0 Å². The van der Waals surface area contributed by atoms with E-state index in [0.29, 0.717) is 23.6 Å². The first kappa shape index (κ1) is 16.5. The van der Waals surface area contributed by atoms with E-state index in [-0.39, 0.29) is 5.69 Å². The lowest BCUT2D eigenvalue weighted by atomic mass is 9.98. The lowest BCUT2D eigenvalue weighted by Gasteiger charge is -2.34. The molecule has 1 aromatic rings. The smallest absolute Gasteiger partial charge is 0.270 e. The van der Waals surface area contributed by atoms with Crippen LogP contribution in [0.4, 0.5) is 5.69 Å². The van der Waals surface area contributed by atoms with Crippen LogP contribution in [0.15, 0.2) is 29.3 Å². The largest absolute Gasteiger partial charge is 0.483 e. The maximum Gasteiger partial charge on any atom is 0.270 e. The third kappa shape index (κ3) is 3.31. The third-order valence-electron chi connectivity index (χ3n) is 3.55. The minimum atomic E-state index is -0.571. The van der Waals surface area contributed by atoms with Crippen LogP contribution in [0.1, 0.15) is 32.8 Å². The molecule has 0 N–H and O–H groups in total. The fraction of sp³-hybridized carbons (Fsp3) is 0.375. The summed E-state index contributed by atoms with van der Waals surface area (Å²) in [6, 6.07) is 4.50. The van der Waals surface area contributed by atoms with E-state index in [1.54, 1.807) is 24.2 Å². The van der Waals surface area contributed by atoms with Crippen molar-refractivity contribution in [1.29, 1.82) is 5.26 Å². The quantitative estimate of drug-likeness (QED) is 0.280. The Labute approximate surface area is 134 Å². The minimum absolute atomic E-state index is 0.0124. The molecule has 0 amide bonds. The predicted molar refractivity (Wildman–Crippen MR) is 86.9 cm³/mol. The molecule has 0 radical (unpaired) electrons. The van der Waals surface area contributed by atoms with Gasteiger partial charge in [-0.3, -0.25) is 10.1 Å². The van der Waals surface area contributed by atoms with E-state index in [9.17, 15) is 10.1 Å². The van der Waals surface area contributed by atoms with E-state index in [4.69, 9.17) is 10.00 Å². The molecule has 0 unspecified atom stereocenters. The number of fused-ring (bicyclic) bond motifs is 1. The molecule has 1 heterocycles. The molecule has 0 atom stereocenters. The summed E-state index contributed by atoms with van der Waals surface area (Å²) in [7, 11) is 1.79. The van der Waals surface area contributed by atoms with Crippen molar-refractivity contribution in [2.24, 2.45) is 4.99 Å². The highest BCUT2D eigenvalue weighted by Gasteiger charge is 2.30. The molecular formula is C16H18N4O3. The molecule has 0 spiro atoms. The Bertz CT molecular complexity index is 744. The number of nitriles is 1. The fourth-order valence-corrected chi connectivity index (χ4v) is 2.51. The van der Waals surface area contributed by atoms with Gasteiger partial charge in [-0.25, -0.2) is 0 Å². The summed E-state index contributed by atoms with van der Waals surface area (Å²) in [5.41, 5.74) is 0.760. The van der Waals surface area contributed by atoms with Crippen LogP contribution in [0.25, 0.3) is 5.70 Å². The topological polar surface area (TPSA) is 91.8 Å². The monoisotopic (exact) mass is 314 g/mol. The van der Waals surface area contributed by atoms with E-state index in [1.807, 2.05) is 26.8 Å². The molecule has 1 aliphatic rings. The highest BCUT2D eigenvalue weighted by Crippen LogP contribution is 2.39. The third-order valence-corrected chi connectivity index (χ3v) is 3.55. The second kappa shape index (κ2) is 6.08. The number of rotatable bonds is 3. The zero-order valence-electron chi connectivity index (χ0n) is 13.5. The van der Waals surface area contributed by atoms with Crippen LogP contribution in [0.3, 0.4) is 0 Å². The molecular weight excluding hydrogens is 296 g/mol. The van der Waals surface area contributed by atoms with Crippen LogP contribution in [0.5, 0.6) is 5.75 Å². The van der Waals surface area contributed by atoms with Crippen LogP contribution in [-0.2, 0) is 0 Å². The van der Waals surface area contributed by atoms with Crippen LogP contribution in [-0.4, -0.2) is 28.3 Å². The number of benzene rings is 1. The molecule has 0 bridgehead atoms. The van der Waals surface area contributed by atoms with Gasteiger partial charge < -0.3 is 9.64 Å². The van der Waals surface area contributed by atoms with Gasteiger partial charge in [0.05, 0.1) is 10.6 Å². The molecule has 0 saturated carbocycles. The van der Waals surface area contributed by atoms with Crippen LogP contribution < -0.4 is 4.74 Å². The molecule has 0 fully saturated rings. The van der Waals surface area contributed by atoms with E-state index < -0.39 is 10.5 Å². The van der Waals surface area contributed by atoms with E-state index in [1.165, 1.54) is 12.1 Å². The van der Waals surface area contributed by atoms with Gasteiger partial charge in [-0.2, -0.15) is 10.3 Å². The first-order valence-electron chi connectivity index (χ1n) is 7.19. The molecule has 0 aliphatic carbocycles. The minimum Gasteiger partial charge on any atom is -0.483 e. The molecule has 120 valence electrons. The van der Waals surface area contributed by atoms with Crippen molar-refractivity contribution in [1.82, 2.24) is 4.90 Å². The summed E-state index contributed by atoms with van der Waals surface area (Å²) < 4.78 is 5.88. The maximum absolute atomic E-state index is 11.0. The zero-order chi connectivity index (χ0) is 17.2. The lowest BCUT2D eigenvalue weighted by molar-refractivity contribution is -0.384. The Kier molecular flexibility index (Phi) is 4.36. The molecule has 23 heavy (non-hydrogen) atoms. The number of non-ortho nitro benzene ring substituents is 1. The standard InChI is InChI=1S/C16H18N4O3/c1-5-15(18-10-17)19(4)13-9-16(2,3)23-14-7-6-11(20(21)22)8-12(13)14/h6-9H,5H2,1-4H3. The Balaban J connectivity index is 2.60. The summed E-state index contributed by atoms with van der Waals surface area (Å²) in [6.45, 7) is 5.70. The second-order valence-corrected chi connectivity index (χ2v) is 5.71. The second-order valence-electron chi connectivity index (χ2n) is 5.71. The number of nitrogens with zero attached hydrogens (tertiary/aromatic N) is 4. The van der Waals surface area contributed by atoms with Crippen molar-refractivity contribution in [3.8, 4) is 11.9 Å². The highest BCUT2D eigenvalue weighted by molar-refractivity contribution is 5.92. The normalized spacial score (nSPS) is 15.8. The van der Waals surface area contributed by atoms with Crippen molar-refractivity contribution in [3.63, 3.8) is 0 Å². The van der Waals surface area contributed by atoms with Crippen molar-refractivity contribution in [2.75, 3.05) is 7.05 Å². The van der Waals surface area contributed by atoms with E-state index in [0.717, 1.165) is 5.70 Å². The zero-order valence-corrected chi connectivity index (χ0v) is 13.5.